The second kappa shape index (κ2) is 5.59. The van der Waals surface area contributed by atoms with Crippen molar-refractivity contribution in [2.45, 2.75) is 26.5 Å². The van der Waals surface area contributed by atoms with E-state index in [0.29, 0.717) is 20.6 Å². The Labute approximate surface area is 94.6 Å². The quantitative estimate of drug-likeness (QED) is 0.617. The van der Waals surface area contributed by atoms with Crippen molar-refractivity contribution in [1.82, 2.24) is 9.78 Å². The van der Waals surface area contributed by atoms with Crippen LogP contribution in [0.3, 0.4) is 0 Å². The highest BCUT2D eigenvalue weighted by Crippen LogP contribution is 2.18. The second-order valence-corrected chi connectivity index (χ2v) is 3.88. The van der Waals surface area contributed by atoms with E-state index in [1.54, 1.807) is 0 Å². The molecule has 1 aromatic heterocycles. The number of nitrogens with zero attached hydrogens (tertiary/aromatic N) is 2. The number of hydrogen-bond donors (Lipinski definition) is 0. The maximum atomic E-state index is 12.4. The van der Waals surface area contributed by atoms with E-state index >= 15 is 0 Å². The van der Waals surface area contributed by atoms with E-state index in [1.165, 1.54) is 6.20 Å². The fourth-order valence-electron chi connectivity index (χ4n) is 0.983. The van der Waals surface area contributed by atoms with Crippen molar-refractivity contribution in [1.29, 1.82) is 0 Å². The Kier molecular flexibility index (Phi) is 4.73. The number of hydrogen-bond acceptors (Lipinski definition) is 2. The Morgan fingerprint density at radius 3 is 2.93 bits per heavy atom. The predicted molar refractivity (Wildman–Crippen MR) is 56.1 cm³/mol. The molecule has 0 spiro atoms. The molecule has 1 rings (SSSR count). The monoisotopic (exact) mass is 316 g/mol. The molecule has 0 aromatic carbocycles. The van der Waals surface area contributed by atoms with Gasteiger partial charge in [-0.15, -0.1) is 0 Å². The van der Waals surface area contributed by atoms with Crippen molar-refractivity contribution in [3.05, 3.63) is 15.5 Å². The highest BCUT2D eigenvalue weighted by molar-refractivity contribution is 14.1. The molecule has 0 radical (unpaired) electrons. The zero-order valence-electron chi connectivity index (χ0n) is 7.71. The smallest absolute Gasteiger partial charge is 0.333 e. The molecule has 0 atom stereocenters. The zero-order valence-corrected chi connectivity index (χ0v) is 9.87. The molecule has 14 heavy (non-hydrogen) atoms. The topological polar surface area (TPSA) is 27.1 Å². The van der Waals surface area contributed by atoms with E-state index < -0.39 is 6.55 Å². The van der Waals surface area contributed by atoms with Crippen molar-refractivity contribution in [3.8, 4) is 0 Å². The van der Waals surface area contributed by atoms with Crippen LogP contribution in [0.4, 0.5) is 8.78 Å². The van der Waals surface area contributed by atoms with E-state index in [1.807, 2.05) is 29.5 Å². The van der Waals surface area contributed by atoms with Crippen LogP contribution in [0.25, 0.3) is 0 Å². The summed E-state index contributed by atoms with van der Waals surface area (Å²) < 4.78 is 31.4. The molecule has 0 aliphatic heterocycles. The molecule has 80 valence electrons. The summed E-state index contributed by atoms with van der Waals surface area (Å²) in [5.74, 6) is 0. The lowest BCUT2D eigenvalue weighted by molar-refractivity contribution is 0.0411. The predicted octanol–water partition coefficient (Wildman–Crippen LogP) is 2.81. The molecule has 0 unspecified atom stereocenters. The molecule has 0 aliphatic carbocycles. The second-order valence-electron chi connectivity index (χ2n) is 2.71. The van der Waals surface area contributed by atoms with Crippen LogP contribution < -0.4 is 0 Å². The third-order valence-corrected chi connectivity index (χ3v) is 2.52. The Balaban J connectivity index is 2.67. The normalized spacial score (nSPS) is 11.2. The first-order valence-corrected chi connectivity index (χ1v) is 5.32. The zero-order chi connectivity index (χ0) is 10.6. The lowest BCUT2D eigenvalue weighted by Gasteiger charge is -2.06. The summed E-state index contributed by atoms with van der Waals surface area (Å²) in [6.07, 6.45) is 2.29. The van der Waals surface area contributed by atoms with Crippen molar-refractivity contribution >= 4 is 22.6 Å². The first-order chi connectivity index (χ1) is 6.66. The van der Waals surface area contributed by atoms with Gasteiger partial charge in [0, 0.05) is 6.61 Å². The highest BCUT2D eigenvalue weighted by atomic mass is 127. The van der Waals surface area contributed by atoms with Gasteiger partial charge >= 0.3 is 6.55 Å². The van der Waals surface area contributed by atoms with Gasteiger partial charge in [0.1, 0.15) is 0 Å². The summed E-state index contributed by atoms with van der Waals surface area (Å²) in [6.45, 7) is 0.134. The molecule has 0 aliphatic rings. The third-order valence-electron chi connectivity index (χ3n) is 1.62. The number of ether oxygens (including phenoxy) is 1. The maximum absolute atomic E-state index is 12.4. The lowest BCUT2D eigenvalue weighted by Crippen LogP contribution is -2.08. The SMILES string of the molecule is CCCOCc1c(I)cnn1C(F)F. The molecule has 0 amide bonds. The molecular formula is C8H11F2IN2O. The van der Waals surface area contributed by atoms with Gasteiger partial charge < -0.3 is 4.74 Å². The average Bonchev–Trinajstić information content (AvgIpc) is 2.48. The number of alkyl halides is 2. The van der Waals surface area contributed by atoms with Crippen LogP contribution in [0, 0.1) is 3.57 Å². The van der Waals surface area contributed by atoms with Crippen molar-refractivity contribution in [3.63, 3.8) is 0 Å². The summed E-state index contributed by atoms with van der Waals surface area (Å²) in [4.78, 5) is 0. The summed E-state index contributed by atoms with van der Waals surface area (Å²) >= 11 is 1.97. The van der Waals surface area contributed by atoms with Gasteiger partial charge in [0.05, 0.1) is 22.1 Å². The van der Waals surface area contributed by atoms with Gasteiger partial charge in [0.25, 0.3) is 0 Å². The average molecular weight is 316 g/mol. The standard InChI is InChI=1S/C8H11F2IN2O/c1-2-3-14-5-7-6(11)4-12-13(7)8(9)10/h4,8H,2-3,5H2,1H3. The first kappa shape index (κ1) is 11.8. The fraction of sp³-hybridized carbons (Fsp3) is 0.625. The molecule has 3 nitrogen and oxygen atoms in total. The number of aromatic nitrogens is 2. The molecule has 6 heteroatoms. The van der Waals surface area contributed by atoms with E-state index in [2.05, 4.69) is 5.10 Å². The van der Waals surface area contributed by atoms with E-state index in [0.717, 1.165) is 6.42 Å². The first-order valence-electron chi connectivity index (χ1n) is 4.24. The molecule has 0 saturated heterocycles. The largest absolute Gasteiger partial charge is 0.375 e. The van der Waals surface area contributed by atoms with E-state index in [9.17, 15) is 8.78 Å². The summed E-state index contributed by atoms with van der Waals surface area (Å²) in [5, 5.41) is 3.57. The van der Waals surface area contributed by atoms with Gasteiger partial charge in [-0.2, -0.15) is 13.9 Å². The van der Waals surface area contributed by atoms with Crippen LogP contribution >= 0.6 is 22.6 Å². The van der Waals surface area contributed by atoms with Crippen LogP contribution in [0.1, 0.15) is 25.6 Å². The minimum absolute atomic E-state index is 0.191. The fourth-order valence-corrected chi connectivity index (χ4v) is 1.51. The van der Waals surface area contributed by atoms with Crippen LogP contribution in [-0.2, 0) is 11.3 Å². The molecule has 0 bridgehead atoms. The molecule has 0 fully saturated rings. The van der Waals surface area contributed by atoms with E-state index in [4.69, 9.17) is 4.74 Å². The van der Waals surface area contributed by atoms with Gasteiger partial charge in [-0.05, 0) is 29.0 Å². The Hall–Kier alpha value is -0.240. The lowest BCUT2D eigenvalue weighted by atomic mass is 10.4. The van der Waals surface area contributed by atoms with Gasteiger partial charge in [-0.25, -0.2) is 4.68 Å². The van der Waals surface area contributed by atoms with Crippen LogP contribution in [0.15, 0.2) is 6.20 Å². The minimum atomic E-state index is -2.60. The summed E-state index contributed by atoms with van der Waals surface area (Å²) in [6, 6.07) is 0. The number of rotatable bonds is 5. The molecule has 1 aromatic rings. The van der Waals surface area contributed by atoms with Crippen LogP contribution in [0.2, 0.25) is 0 Å². The highest BCUT2D eigenvalue weighted by Gasteiger charge is 2.15. The summed E-state index contributed by atoms with van der Waals surface area (Å²) in [5.41, 5.74) is 0.439. The third kappa shape index (κ3) is 2.88. The summed E-state index contributed by atoms with van der Waals surface area (Å²) in [7, 11) is 0. The Bertz CT molecular complexity index is 291. The van der Waals surface area contributed by atoms with Gasteiger partial charge in [0.2, 0.25) is 0 Å². The van der Waals surface area contributed by atoms with Gasteiger partial charge in [0.15, 0.2) is 0 Å². The number of halogens is 3. The Morgan fingerprint density at radius 2 is 2.36 bits per heavy atom. The van der Waals surface area contributed by atoms with E-state index in [-0.39, 0.29) is 6.61 Å². The van der Waals surface area contributed by atoms with Gasteiger partial charge in [-0.3, -0.25) is 0 Å². The Morgan fingerprint density at radius 1 is 1.64 bits per heavy atom. The van der Waals surface area contributed by atoms with Crippen molar-refractivity contribution in [2.24, 2.45) is 0 Å². The molecular weight excluding hydrogens is 305 g/mol. The molecule has 0 N–H and O–H groups in total. The van der Waals surface area contributed by atoms with Crippen molar-refractivity contribution < 1.29 is 13.5 Å². The van der Waals surface area contributed by atoms with Crippen molar-refractivity contribution in [2.75, 3.05) is 6.61 Å². The molecule has 1 heterocycles. The van der Waals surface area contributed by atoms with Crippen LogP contribution in [0.5, 0.6) is 0 Å². The molecule has 0 saturated carbocycles. The van der Waals surface area contributed by atoms with Crippen LogP contribution in [-0.4, -0.2) is 16.4 Å². The minimum Gasteiger partial charge on any atom is -0.375 e. The van der Waals surface area contributed by atoms with Gasteiger partial charge in [-0.1, -0.05) is 6.92 Å². The maximum Gasteiger partial charge on any atom is 0.333 e.